The minimum Gasteiger partial charge on any atom is -0.384 e. The average molecular weight is 426 g/mol. The predicted octanol–water partition coefficient (Wildman–Crippen LogP) is 1.21. The number of carbonyl (C=O) groups excluding carboxylic acids is 1. The summed E-state index contributed by atoms with van der Waals surface area (Å²) in [6.45, 7) is 8.15. The van der Waals surface area contributed by atoms with E-state index in [1.54, 1.807) is 16.2 Å². The standard InChI is InChI=1S/C18H24ClN5O3S/c1-12(25)17(26)24-4-2-22(3-5-24)11-13-10-14-15(23-6-8-27-9-7-23)20-18(19)21-16(14)28-13/h10,12,25H,2-9,11H2,1H3. The van der Waals surface area contributed by atoms with Crippen LogP contribution < -0.4 is 4.90 Å². The Morgan fingerprint density at radius 3 is 2.64 bits per heavy atom. The summed E-state index contributed by atoms with van der Waals surface area (Å²) in [7, 11) is 0. The van der Waals surface area contributed by atoms with Crippen LogP contribution in [0.15, 0.2) is 6.07 Å². The maximum Gasteiger partial charge on any atom is 0.251 e. The van der Waals surface area contributed by atoms with Gasteiger partial charge in [-0.25, -0.2) is 4.98 Å². The molecule has 28 heavy (non-hydrogen) atoms. The van der Waals surface area contributed by atoms with Crippen molar-refractivity contribution in [3.63, 3.8) is 0 Å². The van der Waals surface area contributed by atoms with Gasteiger partial charge in [0.1, 0.15) is 16.8 Å². The molecule has 0 saturated carbocycles. The van der Waals surface area contributed by atoms with Crippen molar-refractivity contribution in [3.05, 3.63) is 16.2 Å². The summed E-state index contributed by atoms with van der Waals surface area (Å²) < 4.78 is 5.44. The number of aromatic nitrogens is 2. The zero-order valence-corrected chi connectivity index (χ0v) is 17.4. The number of piperazine rings is 1. The number of halogens is 1. The SMILES string of the molecule is CC(O)C(=O)N1CCN(Cc2cc3c(N4CCOCC4)nc(Cl)nc3s2)CC1. The Morgan fingerprint density at radius 2 is 1.96 bits per heavy atom. The van der Waals surface area contributed by atoms with Crippen LogP contribution in [0.4, 0.5) is 5.82 Å². The van der Waals surface area contributed by atoms with Gasteiger partial charge in [0.15, 0.2) is 0 Å². The van der Waals surface area contributed by atoms with E-state index in [-0.39, 0.29) is 11.2 Å². The Hall–Kier alpha value is -1.52. The number of nitrogens with zero attached hydrogens (tertiary/aromatic N) is 5. The van der Waals surface area contributed by atoms with E-state index in [1.165, 1.54) is 11.8 Å². The first-order valence-electron chi connectivity index (χ1n) is 9.49. The molecule has 1 unspecified atom stereocenters. The lowest BCUT2D eigenvalue weighted by Gasteiger charge is -2.35. The van der Waals surface area contributed by atoms with Gasteiger partial charge in [0.05, 0.1) is 18.6 Å². The highest BCUT2D eigenvalue weighted by Crippen LogP contribution is 2.33. The summed E-state index contributed by atoms with van der Waals surface area (Å²) in [6.07, 6.45) is -0.934. The number of aliphatic hydroxyl groups is 1. The molecule has 4 heterocycles. The molecular weight excluding hydrogens is 402 g/mol. The Labute approximate surface area is 172 Å². The summed E-state index contributed by atoms with van der Waals surface area (Å²) >= 11 is 7.81. The highest BCUT2D eigenvalue weighted by atomic mass is 35.5. The highest BCUT2D eigenvalue weighted by Gasteiger charge is 2.25. The molecule has 0 spiro atoms. The maximum absolute atomic E-state index is 11.9. The summed E-state index contributed by atoms with van der Waals surface area (Å²) in [5.41, 5.74) is 0. The molecule has 0 aliphatic carbocycles. The molecule has 10 heteroatoms. The molecule has 8 nitrogen and oxygen atoms in total. The Kier molecular flexibility index (Phi) is 5.98. The van der Waals surface area contributed by atoms with Crippen molar-refractivity contribution in [1.29, 1.82) is 0 Å². The number of ether oxygens (including phenoxy) is 1. The molecule has 1 atom stereocenters. The fourth-order valence-electron chi connectivity index (χ4n) is 3.64. The van der Waals surface area contributed by atoms with Gasteiger partial charge in [0, 0.05) is 50.7 Å². The molecule has 2 fully saturated rings. The van der Waals surface area contributed by atoms with Crippen LogP contribution in [-0.4, -0.2) is 89.4 Å². The first-order chi connectivity index (χ1) is 13.5. The summed E-state index contributed by atoms with van der Waals surface area (Å²) in [5.74, 6) is 0.690. The molecule has 1 amide bonds. The van der Waals surface area contributed by atoms with Crippen LogP contribution in [-0.2, 0) is 16.1 Å². The number of aliphatic hydroxyl groups excluding tert-OH is 1. The van der Waals surface area contributed by atoms with E-state index in [0.717, 1.165) is 48.8 Å². The van der Waals surface area contributed by atoms with E-state index >= 15 is 0 Å². The van der Waals surface area contributed by atoms with Gasteiger partial charge in [0.25, 0.3) is 5.91 Å². The Balaban J connectivity index is 1.47. The number of amides is 1. The molecule has 2 saturated heterocycles. The first kappa shape index (κ1) is 19.8. The van der Waals surface area contributed by atoms with Gasteiger partial charge in [-0.05, 0) is 24.6 Å². The minimum atomic E-state index is -0.934. The largest absolute Gasteiger partial charge is 0.384 e. The first-order valence-corrected chi connectivity index (χ1v) is 10.7. The van der Waals surface area contributed by atoms with Crippen LogP contribution in [0, 0.1) is 0 Å². The third kappa shape index (κ3) is 4.23. The monoisotopic (exact) mass is 425 g/mol. The normalized spacial score (nSPS) is 20.0. The van der Waals surface area contributed by atoms with Gasteiger partial charge < -0.3 is 19.6 Å². The predicted molar refractivity (Wildman–Crippen MR) is 109 cm³/mol. The summed E-state index contributed by atoms with van der Waals surface area (Å²) in [4.78, 5) is 29.2. The fraction of sp³-hybridized carbons (Fsp3) is 0.611. The molecule has 4 rings (SSSR count). The molecule has 152 valence electrons. The van der Waals surface area contributed by atoms with E-state index in [0.29, 0.717) is 26.3 Å². The van der Waals surface area contributed by atoms with Crippen molar-refractivity contribution >= 4 is 44.9 Å². The zero-order chi connectivity index (χ0) is 19.7. The maximum atomic E-state index is 11.9. The lowest BCUT2D eigenvalue weighted by molar-refractivity contribution is -0.141. The second-order valence-electron chi connectivity index (χ2n) is 7.12. The molecule has 2 aliphatic heterocycles. The van der Waals surface area contributed by atoms with Crippen molar-refractivity contribution in [1.82, 2.24) is 19.8 Å². The lowest BCUT2D eigenvalue weighted by Crippen LogP contribution is -2.50. The highest BCUT2D eigenvalue weighted by molar-refractivity contribution is 7.18. The third-order valence-corrected chi connectivity index (χ3v) is 6.31. The van der Waals surface area contributed by atoms with Crippen LogP contribution in [0.1, 0.15) is 11.8 Å². The van der Waals surface area contributed by atoms with E-state index in [9.17, 15) is 9.90 Å². The number of hydrogen-bond acceptors (Lipinski definition) is 8. The van der Waals surface area contributed by atoms with Gasteiger partial charge in [0.2, 0.25) is 5.28 Å². The summed E-state index contributed by atoms with van der Waals surface area (Å²) in [5, 5.41) is 10.8. The Morgan fingerprint density at radius 1 is 1.25 bits per heavy atom. The van der Waals surface area contributed by atoms with Crippen molar-refractivity contribution in [2.24, 2.45) is 0 Å². The van der Waals surface area contributed by atoms with Crippen LogP contribution in [0.25, 0.3) is 10.2 Å². The number of rotatable bonds is 4. The van der Waals surface area contributed by atoms with E-state index < -0.39 is 6.10 Å². The molecule has 1 N–H and O–H groups in total. The molecule has 0 aromatic carbocycles. The molecule has 2 aromatic rings. The van der Waals surface area contributed by atoms with Crippen LogP contribution >= 0.6 is 22.9 Å². The molecule has 0 bridgehead atoms. The van der Waals surface area contributed by atoms with Gasteiger partial charge in [-0.3, -0.25) is 9.69 Å². The number of anilines is 1. The van der Waals surface area contributed by atoms with Gasteiger partial charge in [-0.1, -0.05) is 0 Å². The zero-order valence-electron chi connectivity index (χ0n) is 15.8. The van der Waals surface area contributed by atoms with E-state index in [4.69, 9.17) is 16.3 Å². The van der Waals surface area contributed by atoms with Gasteiger partial charge >= 0.3 is 0 Å². The fourth-order valence-corrected chi connectivity index (χ4v) is 4.92. The van der Waals surface area contributed by atoms with Crippen LogP contribution in [0.3, 0.4) is 0 Å². The second-order valence-corrected chi connectivity index (χ2v) is 8.58. The second kappa shape index (κ2) is 8.46. The number of hydrogen-bond donors (Lipinski definition) is 1. The molecule has 2 aliphatic rings. The Bertz CT molecular complexity index is 847. The third-order valence-electron chi connectivity index (χ3n) is 5.13. The number of fused-ring (bicyclic) bond motifs is 1. The smallest absolute Gasteiger partial charge is 0.251 e. The van der Waals surface area contributed by atoms with Crippen LogP contribution in [0.5, 0.6) is 0 Å². The van der Waals surface area contributed by atoms with E-state index in [1.807, 2.05) is 0 Å². The van der Waals surface area contributed by atoms with Gasteiger partial charge in [-0.15, -0.1) is 11.3 Å². The van der Waals surface area contributed by atoms with E-state index in [2.05, 4.69) is 25.8 Å². The van der Waals surface area contributed by atoms with Crippen molar-refractivity contribution in [3.8, 4) is 0 Å². The van der Waals surface area contributed by atoms with Crippen molar-refractivity contribution < 1.29 is 14.6 Å². The minimum absolute atomic E-state index is 0.193. The summed E-state index contributed by atoms with van der Waals surface area (Å²) in [6, 6.07) is 2.16. The molecule has 0 radical (unpaired) electrons. The number of morpholine rings is 1. The number of carbonyl (C=O) groups is 1. The van der Waals surface area contributed by atoms with Gasteiger partial charge in [-0.2, -0.15) is 4.98 Å². The average Bonchev–Trinajstić information content (AvgIpc) is 3.10. The van der Waals surface area contributed by atoms with Crippen molar-refractivity contribution in [2.45, 2.75) is 19.6 Å². The topological polar surface area (TPSA) is 82.0 Å². The van der Waals surface area contributed by atoms with Crippen molar-refractivity contribution in [2.75, 3.05) is 57.4 Å². The number of thiophene rings is 1. The van der Waals surface area contributed by atoms with Crippen LogP contribution in [0.2, 0.25) is 5.28 Å². The molecule has 2 aromatic heterocycles. The molecular formula is C18H24ClN5O3S. The lowest BCUT2D eigenvalue weighted by atomic mass is 10.2. The quantitative estimate of drug-likeness (QED) is 0.737.